The monoisotopic (exact) mass is 237 g/mol. The Morgan fingerprint density at radius 1 is 1.35 bits per heavy atom. The summed E-state index contributed by atoms with van der Waals surface area (Å²) in [6.45, 7) is 1.75. The lowest BCUT2D eigenvalue weighted by Crippen LogP contribution is -2.29. The van der Waals surface area contributed by atoms with Gasteiger partial charge in [-0.15, -0.1) is 0 Å². The molecule has 0 spiro atoms. The van der Waals surface area contributed by atoms with Crippen LogP contribution in [-0.4, -0.2) is 51.6 Å². The van der Waals surface area contributed by atoms with Crippen molar-refractivity contribution in [1.82, 2.24) is 4.90 Å². The third-order valence-corrected chi connectivity index (χ3v) is 2.48. The van der Waals surface area contributed by atoms with E-state index in [0.717, 1.165) is 6.54 Å². The van der Waals surface area contributed by atoms with Crippen molar-refractivity contribution in [2.45, 2.75) is 0 Å². The Morgan fingerprint density at radius 2 is 2.12 bits per heavy atom. The van der Waals surface area contributed by atoms with E-state index in [9.17, 15) is 4.79 Å². The SMILES string of the molecule is COCCN(C)CC(=O)c1cccc(OC)c1. The van der Waals surface area contributed by atoms with Crippen LogP contribution < -0.4 is 4.74 Å². The summed E-state index contributed by atoms with van der Waals surface area (Å²) < 4.78 is 10.1. The fourth-order valence-electron chi connectivity index (χ4n) is 1.46. The Kier molecular flexibility index (Phi) is 5.66. The molecule has 17 heavy (non-hydrogen) atoms. The summed E-state index contributed by atoms with van der Waals surface area (Å²) in [6, 6.07) is 7.20. The zero-order valence-electron chi connectivity index (χ0n) is 10.6. The molecule has 94 valence electrons. The largest absolute Gasteiger partial charge is 0.497 e. The van der Waals surface area contributed by atoms with Crippen molar-refractivity contribution in [3.05, 3.63) is 29.8 Å². The molecule has 0 aliphatic carbocycles. The standard InChI is InChI=1S/C13H19NO3/c1-14(7-8-16-2)10-13(15)11-5-4-6-12(9-11)17-3/h4-6,9H,7-8,10H2,1-3H3. The van der Waals surface area contributed by atoms with Gasteiger partial charge in [0.2, 0.25) is 0 Å². The van der Waals surface area contributed by atoms with E-state index >= 15 is 0 Å². The first kappa shape index (κ1) is 13.7. The second-order valence-electron chi connectivity index (χ2n) is 3.89. The van der Waals surface area contributed by atoms with Gasteiger partial charge in [0.05, 0.1) is 20.3 Å². The molecule has 0 amide bonds. The van der Waals surface area contributed by atoms with Crippen molar-refractivity contribution in [3.8, 4) is 5.75 Å². The maximum absolute atomic E-state index is 11.9. The topological polar surface area (TPSA) is 38.8 Å². The summed E-state index contributed by atoms with van der Waals surface area (Å²) in [5, 5.41) is 0. The molecule has 0 radical (unpaired) electrons. The van der Waals surface area contributed by atoms with Gasteiger partial charge in [-0.2, -0.15) is 0 Å². The number of benzene rings is 1. The molecular weight excluding hydrogens is 218 g/mol. The van der Waals surface area contributed by atoms with E-state index in [0.29, 0.717) is 24.5 Å². The number of hydrogen-bond acceptors (Lipinski definition) is 4. The minimum absolute atomic E-state index is 0.0857. The second-order valence-corrected chi connectivity index (χ2v) is 3.89. The molecule has 0 aromatic heterocycles. The minimum Gasteiger partial charge on any atom is -0.497 e. The van der Waals surface area contributed by atoms with Crippen LogP contribution in [0.3, 0.4) is 0 Å². The lowest BCUT2D eigenvalue weighted by molar-refractivity contribution is 0.0922. The highest BCUT2D eigenvalue weighted by atomic mass is 16.5. The van der Waals surface area contributed by atoms with Crippen molar-refractivity contribution < 1.29 is 14.3 Å². The Labute approximate surface area is 102 Å². The first-order valence-electron chi connectivity index (χ1n) is 5.52. The summed E-state index contributed by atoms with van der Waals surface area (Å²) in [4.78, 5) is 13.9. The van der Waals surface area contributed by atoms with Crippen LogP contribution >= 0.6 is 0 Å². The molecule has 0 saturated heterocycles. The van der Waals surface area contributed by atoms with E-state index in [-0.39, 0.29) is 5.78 Å². The maximum Gasteiger partial charge on any atom is 0.176 e. The molecule has 1 aromatic rings. The summed E-state index contributed by atoms with van der Waals surface area (Å²) in [5.74, 6) is 0.790. The molecule has 0 aliphatic rings. The van der Waals surface area contributed by atoms with Crippen LogP contribution in [0.5, 0.6) is 5.75 Å². The lowest BCUT2D eigenvalue weighted by atomic mass is 10.1. The van der Waals surface area contributed by atoms with Gasteiger partial charge >= 0.3 is 0 Å². The van der Waals surface area contributed by atoms with Gasteiger partial charge in [0.1, 0.15) is 5.75 Å². The van der Waals surface area contributed by atoms with Gasteiger partial charge in [-0.1, -0.05) is 12.1 Å². The molecular formula is C13H19NO3. The summed E-state index contributed by atoms with van der Waals surface area (Å²) in [6.07, 6.45) is 0. The van der Waals surface area contributed by atoms with E-state index < -0.39 is 0 Å². The molecule has 0 heterocycles. The third kappa shape index (κ3) is 4.54. The quantitative estimate of drug-likeness (QED) is 0.673. The number of ketones is 1. The Balaban J connectivity index is 2.56. The number of Topliss-reactive ketones (excluding diaryl/α,β-unsaturated/α-hetero) is 1. The highest BCUT2D eigenvalue weighted by Crippen LogP contribution is 2.13. The summed E-state index contributed by atoms with van der Waals surface area (Å²) in [7, 11) is 5.14. The fraction of sp³-hybridized carbons (Fsp3) is 0.462. The number of carbonyl (C=O) groups excluding carboxylic acids is 1. The van der Waals surface area contributed by atoms with Gasteiger partial charge in [0, 0.05) is 19.2 Å². The lowest BCUT2D eigenvalue weighted by Gasteiger charge is -2.15. The number of methoxy groups -OCH3 is 2. The first-order chi connectivity index (χ1) is 8.17. The van der Waals surface area contributed by atoms with E-state index in [1.54, 1.807) is 26.4 Å². The van der Waals surface area contributed by atoms with Crippen molar-refractivity contribution in [3.63, 3.8) is 0 Å². The van der Waals surface area contributed by atoms with E-state index in [2.05, 4.69) is 0 Å². The maximum atomic E-state index is 11.9. The van der Waals surface area contributed by atoms with Crippen molar-refractivity contribution in [2.24, 2.45) is 0 Å². The van der Waals surface area contributed by atoms with Crippen LogP contribution in [0, 0.1) is 0 Å². The van der Waals surface area contributed by atoms with Crippen LogP contribution in [0.1, 0.15) is 10.4 Å². The van der Waals surface area contributed by atoms with Gasteiger partial charge < -0.3 is 9.47 Å². The van der Waals surface area contributed by atoms with E-state index in [1.807, 2.05) is 24.1 Å². The van der Waals surface area contributed by atoms with Crippen LogP contribution in [0.25, 0.3) is 0 Å². The zero-order chi connectivity index (χ0) is 12.7. The molecule has 1 rings (SSSR count). The van der Waals surface area contributed by atoms with Gasteiger partial charge in [-0.05, 0) is 19.2 Å². The van der Waals surface area contributed by atoms with Crippen molar-refractivity contribution in [1.29, 1.82) is 0 Å². The fourth-order valence-corrected chi connectivity index (χ4v) is 1.46. The highest BCUT2D eigenvalue weighted by molar-refractivity contribution is 5.97. The molecule has 4 nitrogen and oxygen atoms in total. The van der Waals surface area contributed by atoms with Gasteiger partial charge in [-0.25, -0.2) is 0 Å². The molecule has 0 N–H and O–H groups in total. The van der Waals surface area contributed by atoms with Crippen LogP contribution in [0.15, 0.2) is 24.3 Å². The Hall–Kier alpha value is -1.39. The van der Waals surface area contributed by atoms with Gasteiger partial charge in [0.25, 0.3) is 0 Å². The number of hydrogen-bond donors (Lipinski definition) is 0. The number of rotatable bonds is 7. The number of ether oxygens (including phenoxy) is 2. The summed E-state index contributed by atoms with van der Waals surface area (Å²) >= 11 is 0. The first-order valence-corrected chi connectivity index (χ1v) is 5.52. The average molecular weight is 237 g/mol. The van der Waals surface area contributed by atoms with Crippen LogP contribution in [0.2, 0.25) is 0 Å². The van der Waals surface area contributed by atoms with E-state index in [4.69, 9.17) is 9.47 Å². The number of nitrogens with zero attached hydrogens (tertiary/aromatic N) is 1. The molecule has 0 fully saturated rings. The Bertz CT molecular complexity index is 365. The number of carbonyl (C=O) groups is 1. The molecule has 0 saturated carbocycles. The van der Waals surface area contributed by atoms with Crippen molar-refractivity contribution >= 4 is 5.78 Å². The van der Waals surface area contributed by atoms with Crippen LogP contribution in [0.4, 0.5) is 0 Å². The smallest absolute Gasteiger partial charge is 0.176 e. The molecule has 0 unspecified atom stereocenters. The number of likely N-dealkylation sites (N-methyl/N-ethyl adjacent to an activating group) is 1. The minimum atomic E-state index is 0.0857. The predicted molar refractivity (Wildman–Crippen MR) is 66.7 cm³/mol. The van der Waals surface area contributed by atoms with Gasteiger partial charge in [-0.3, -0.25) is 9.69 Å². The normalized spacial score (nSPS) is 10.6. The molecule has 0 atom stereocenters. The molecule has 1 aromatic carbocycles. The average Bonchev–Trinajstić information content (AvgIpc) is 2.36. The molecule has 0 bridgehead atoms. The molecule has 0 aliphatic heterocycles. The zero-order valence-corrected chi connectivity index (χ0v) is 10.6. The van der Waals surface area contributed by atoms with Gasteiger partial charge in [0.15, 0.2) is 5.78 Å². The second kappa shape index (κ2) is 7.04. The predicted octanol–water partition coefficient (Wildman–Crippen LogP) is 1.46. The highest BCUT2D eigenvalue weighted by Gasteiger charge is 2.09. The third-order valence-electron chi connectivity index (χ3n) is 2.48. The van der Waals surface area contributed by atoms with Crippen LogP contribution in [-0.2, 0) is 4.74 Å². The summed E-state index contributed by atoms with van der Waals surface area (Å²) in [5.41, 5.74) is 0.675. The molecule has 4 heteroatoms. The Morgan fingerprint density at radius 3 is 2.76 bits per heavy atom. The van der Waals surface area contributed by atoms with Crippen molar-refractivity contribution in [2.75, 3.05) is 41.0 Å². The van der Waals surface area contributed by atoms with E-state index in [1.165, 1.54) is 0 Å².